The van der Waals surface area contributed by atoms with E-state index >= 15 is 0 Å². The van der Waals surface area contributed by atoms with Crippen LogP contribution in [-0.4, -0.2) is 19.3 Å². The van der Waals surface area contributed by atoms with Crippen LogP contribution in [0.4, 0.5) is 4.39 Å². The van der Waals surface area contributed by atoms with E-state index in [1.165, 1.54) is 14.2 Å². The summed E-state index contributed by atoms with van der Waals surface area (Å²) < 4.78 is 24.5. The third kappa shape index (κ3) is 2.22. The van der Waals surface area contributed by atoms with E-state index in [4.69, 9.17) is 9.47 Å². The van der Waals surface area contributed by atoms with Gasteiger partial charge in [-0.05, 0) is 33.3 Å². The zero-order valence-corrected chi connectivity index (χ0v) is 11.1. The number of ether oxygens (including phenoxy) is 2. The molecule has 0 amide bonds. The molecule has 1 N–H and O–H groups in total. The molecule has 0 aliphatic carbocycles. The van der Waals surface area contributed by atoms with E-state index in [2.05, 4.69) is 0 Å². The average molecular weight is 242 g/mol. The van der Waals surface area contributed by atoms with E-state index in [1.807, 2.05) is 0 Å². The van der Waals surface area contributed by atoms with E-state index in [-0.39, 0.29) is 5.82 Å². The lowest BCUT2D eigenvalue weighted by Gasteiger charge is -2.26. The van der Waals surface area contributed by atoms with Crippen molar-refractivity contribution < 1.29 is 19.0 Å². The molecular weight excluding hydrogens is 223 g/mol. The smallest absolute Gasteiger partial charge is 0.167 e. The maximum absolute atomic E-state index is 14.0. The Kier molecular flexibility index (Phi) is 3.67. The maximum atomic E-state index is 14.0. The summed E-state index contributed by atoms with van der Waals surface area (Å²) in [5.74, 6) is 0.337. The Morgan fingerprint density at radius 3 is 1.82 bits per heavy atom. The molecule has 0 fully saturated rings. The quantitative estimate of drug-likeness (QED) is 0.885. The van der Waals surface area contributed by atoms with Crippen molar-refractivity contribution in [2.75, 3.05) is 14.2 Å². The van der Waals surface area contributed by atoms with Gasteiger partial charge in [-0.3, -0.25) is 0 Å². The second-order valence-electron chi connectivity index (χ2n) is 4.56. The van der Waals surface area contributed by atoms with Gasteiger partial charge in [0.15, 0.2) is 11.5 Å². The van der Waals surface area contributed by atoms with Crippen molar-refractivity contribution in [1.82, 2.24) is 0 Å². The largest absolute Gasteiger partial charge is 0.492 e. The number of methoxy groups -OCH3 is 2. The van der Waals surface area contributed by atoms with Crippen LogP contribution < -0.4 is 9.47 Å². The fraction of sp³-hybridized carbons (Fsp3) is 0.538. The van der Waals surface area contributed by atoms with Gasteiger partial charge in [0, 0.05) is 11.1 Å². The van der Waals surface area contributed by atoms with Gasteiger partial charge in [0.25, 0.3) is 0 Å². The average Bonchev–Trinajstić information content (AvgIpc) is 2.23. The number of halogens is 1. The molecule has 0 unspecified atom stereocenters. The van der Waals surface area contributed by atoms with Crippen molar-refractivity contribution in [2.45, 2.75) is 33.3 Å². The fourth-order valence-corrected chi connectivity index (χ4v) is 2.12. The summed E-state index contributed by atoms with van der Waals surface area (Å²) in [6.07, 6.45) is 0. The highest BCUT2D eigenvalue weighted by Gasteiger charge is 2.30. The first-order valence-electron chi connectivity index (χ1n) is 5.39. The fourth-order valence-electron chi connectivity index (χ4n) is 2.12. The van der Waals surface area contributed by atoms with Gasteiger partial charge >= 0.3 is 0 Å². The van der Waals surface area contributed by atoms with Gasteiger partial charge in [-0.2, -0.15) is 0 Å². The summed E-state index contributed by atoms with van der Waals surface area (Å²) in [6, 6.07) is 0. The molecule has 0 radical (unpaired) electrons. The van der Waals surface area contributed by atoms with E-state index in [0.29, 0.717) is 28.2 Å². The topological polar surface area (TPSA) is 38.7 Å². The highest BCUT2D eigenvalue weighted by Crippen LogP contribution is 2.43. The standard InChI is InChI=1S/C13H19FO3/c1-7-9(13(3,4)15)12(17-6)11(16-5)8(2)10(7)14/h15H,1-6H3. The van der Waals surface area contributed by atoms with Crippen LogP contribution in [0.5, 0.6) is 11.5 Å². The molecule has 0 atom stereocenters. The third-order valence-corrected chi connectivity index (χ3v) is 2.83. The lowest BCUT2D eigenvalue weighted by Crippen LogP contribution is -2.20. The lowest BCUT2D eigenvalue weighted by atomic mass is 9.90. The summed E-state index contributed by atoms with van der Waals surface area (Å²) in [5.41, 5.74) is -0.0144. The highest BCUT2D eigenvalue weighted by atomic mass is 19.1. The molecular formula is C13H19FO3. The number of hydrogen-bond acceptors (Lipinski definition) is 3. The molecule has 1 aromatic rings. The van der Waals surface area contributed by atoms with Crippen molar-refractivity contribution in [3.05, 3.63) is 22.5 Å². The van der Waals surface area contributed by atoms with Gasteiger partial charge in [-0.25, -0.2) is 4.39 Å². The normalized spacial score (nSPS) is 11.5. The maximum Gasteiger partial charge on any atom is 0.167 e. The molecule has 96 valence electrons. The van der Waals surface area contributed by atoms with E-state index in [9.17, 15) is 9.50 Å². The van der Waals surface area contributed by atoms with Crippen molar-refractivity contribution >= 4 is 0 Å². The lowest BCUT2D eigenvalue weighted by molar-refractivity contribution is 0.0739. The van der Waals surface area contributed by atoms with Crippen LogP contribution in [-0.2, 0) is 5.60 Å². The Balaban J connectivity index is 3.75. The van der Waals surface area contributed by atoms with Crippen molar-refractivity contribution in [2.24, 2.45) is 0 Å². The molecule has 0 bridgehead atoms. The van der Waals surface area contributed by atoms with Crippen LogP contribution in [0.2, 0.25) is 0 Å². The van der Waals surface area contributed by atoms with Crippen LogP contribution in [0.15, 0.2) is 0 Å². The van der Waals surface area contributed by atoms with Gasteiger partial charge in [-0.1, -0.05) is 0 Å². The Bertz CT molecular complexity index is 434. The highest BCUT2D eigenvalue weighted by molar-refractivity contribution is 5.57. The monoisotopic (exact) mass is 242 g/mol. The van der Waals surface area contributed by atoms with Crippen molar-refractivity contribution in [3.8, 4) is 11.5 Å². The molecule has 3 nitrogen and oxygen atoms in total. The molecule has 1 rings (SSSR count). The van der Waals surface area contributed by atoms with Gasteiger partial charge in [0.05, 0.1) is 19.8 Å². The van der Waals surface area contributed by atoms with Crippen molar-refractivity contribution in [1.29, 1.82) is 0 Å². The Labute approximate surface area is 101 Å². The molecule has 0 aliphatic heterocycles. The summed E-state index contributed by atoms with van der Waals surface area (Å²) in [4.78, 5) is 0. The number of benzene rings is 1. The van der Waals surface area contributed by atoms with Crippen LogP contribution >= 0.6 is 0 Å². The van der Waals surface area contributed by atoms with E-state index in [1.54, 1.807) is 27.7 Å². The molecule has 0 heterocycles. The molecule has 17 heavy (non-hydrogen) atoms. The summed E-state index contributed by atoms with van der Waals surface area (Å²) >= 11 is 0. The Hall–Kier alpha value is -1.29. The van der Waals surface area contributed by atoms with Crippen LogP contribution in [0.25, 0.3) is 0 Å². The molecule has 1 aromatic carbocycles. The molecule has 0 aliphatic rings. The molecule has 0 aromatic heterocycles. The second-order valence-corrected chi connectivity index (χ2v) is 4.56. The van der Waals surface area contributed by atoms with E-state index < -0.39 is 5.60 Å². The number of rotatable bonds is 3. The van der Waals surface area contributed by atoms with Gasteiger partial charge in [0.1, 0.15) is 5.82 Å². The first-order valence-corrected chi connectivity index (χ1v) is 5.39. The predicted octanol–water partition coefficient (Wildman–Crippen LogP) is 2.69. The summed E-state index contributed by atoms with van der Waals surface area (Å²) in [6.45, 7) is 6.42. The molecule has 4 heteroatoms. The SMILES string of the molecule is COc1c(C)c(F)c(C)c(C(C)(C)O)c1OC. The van der Waals surface area contributed by atoms with Gasteiger partial charge in [-0.15, -0.1) is 0 Å². The van der Waals surface area contributed by atoms with Crippen LogP contribution in [0.1, 0.15) is 30.5 Å². The second kappa shape index (κ2) is 4.53. The number of aliphatic hydroxyl groups is 1. The Morgan fingerprint density at radius 2 is 1.47 bits per heavy atom. The predicted molar refractivity (Wildman–Crippen MR) is 64.2 cm³/mol. The van der Waals surface area contributed by atoms with Crippen LogP contribution in [0, 0.1) is 19.7 Å². The Morgan fingerprint density at radius 1 is 1.00 bits per heavy atom. The zero-order chi connectivity index (χ0) is 13.4. The summed E-state index contributed by atoms with van der Waals surface area (Å²) in [5, 5.41) is 10.1. The number of hydrogen-bond donors (Lipinski definition) is 1. The summed E-state index contributed by atoms with van der Waals surface area (Å²) in [7, 11) is 2.93. The molecule has 0 saturated heterocycles. The van der Waals surface area contributed by atoms with Crippen LogP contribution in [0.3, 0.4) is 0 Å². The first-order chi connectivity index (χ1) is 7.75. The minimum atomic E-state index is -1.20. The minimum absolute atomic E-state index is 0.327. The molecule has 0 saturated carbocycles. The van der Waals surface area contributed by atoms with Gasteiger partial charge in [0.2, 0.25) is 0 Å². The zero-order valence-electron chi connectivity index (χ0n) is 11.1. The van der Waals surface area contributed by atoms with E-state index in [0.717, 1.165) is 0 Å². The minimum Gasteiger partial charge on any atom is -0.492 e. The first kappa shape index (κ1) is 13.8. The van der Waals surface area contributed by atoms with Gasteiger partial charge < -0.3 is 14.6 Å². The third-order valence-electron chi connectivity index (χ3n) is 2.83. The molecule has 0 spiro atoms. The van der Waals surface area contributed by atoms with Crippen molar-refractivity contribution in [3.63, 3.8) is 0 Å².